The average molecular weight is 311 g/mol. The summed E-state index contributed by atoms with van der Waals surface area (Å²) in [5, 5.41) is 5.44. The molecule has 1 heterocycles. The van der Waals surface area contributed by atoms with Gasteiger partial charge in [-0.15, -0.1) is 0 Å². The maximum atomic E-state index is 6.04. The highest BCUT2D eigenvalue weighted by Crippen LogP contribution is 2.31. The summed E-state index contributed by atoms with van der Waals surface area (Å²) in [6, 6.07) is 12.3. The van der Waals surface area contributed by atoms with Crippen molar-refractivity contribution in [1.29, 1.82) is 0 Å². The normalized spacial score (nSPS) is 11.0. The zero-order chi connectivity index (χ0) is 15.9. The van der Waals surface area contributed by atoms with Crippen molar-refractivity contribution >= 4 is 33.9 Å². The van der Waals surface area contributed by atoms with Gasteiger partial charge in [-0.2, -0.15) is 0 Å². The minimum Gasteiger partial charge on any atom is -0.355 e. The Morgan fingerprint density at radius 1 is 0.864 bits per heavy atom. The number of hydrogen-bond donors (Lipinski definition) is 1. The number of aryl methyl sites for hydroxylation is 4. The van der Waals surface area contributed by atoms with Crippen LogP contribution < -0.4 is 5.32 Å². The Kier molecular flexibility index (Phi) is 3.79. The van der Waals surface area contributed by atoms with Crippen LogP contribution in [0.25, 0.3) is 10.9 Å². The molecule has 0 radical (unpaired) electrons. The molecule has 0 fully saturated rings. The standard InChI is InChI=1S/C19H19ClN2/c1-11-7-13(3)19-16(8-11)18(10-14(4)21-19)22-17-6-5-15(20)9-12(17)2/h5-10H,1-4H3,(H,21,22). The lowest BCUT2D eigenvalue weighted by molar-refractivity contribution is 1.23. The van der Waals surface area contributed by atoms with Gasteiger partial charge in [0.25, 0.3) is 0 Å². The van der Waals surface area contributed by atoms with Crippen LogP contribution in [0, 0.1) is 27.7 Å². The molecular weight excluding hydrogens is 292 g/mol. The van der Waals surface area contributed by atoms with Gasteiger partial charge in [-0.1, -0.05) is 23.2 Å². The Balaban J connectivity index is 2.17. The number of benzene rings is 2. The van der Waals surface area contributed by atoms with E-state index in [0.29, 0.717) is 0 Å². The van der Waals surface area contributed by atoms with E-state index in [-0.39, 0.29) is 0 Å². The number of halogens is 1. The van der Waals surface area contributed by atoms with Crippen molar-refractivity contribution in [3.05, 3.63) is 63.8 Å². The van der Waals surface area contributed by atoms with E-state index in [9.17, 15) is 0 Å². The van der Waals surface area contributed by atoms with Gasteiger partial charge in [0.05, 0.1) is 5.52 Å². The molecule has 0 aliphatic rings. The van der Waals surface area contributed by atoms with E-state index in [4.69, 9.17) is 16.6 Å². The van der Waals surface area contributed by atoms with Gasteiger partial charge in [-0.05, 0) is 69.2 Å². The first kappa shape index (κ1) is 14.9. The van der Waals surface area contributed by atoms with Gasteiger partial charge < -0.3 is 5.32 Å². The van der Waals surface area contributed by atoms with Crippen molar-refractivity contribution in [2.75, 3.05) is 5.32 Å². The third-order valence-corrected chi connectivity index (χ3v) is 4.07. The highest BCUT2D eigenvalue weighted by Gasteiger charge is 2.09. The first-order valence-corrected chi connectivity index (χ1v) is 7.73. The van der Waals surface area contributed by atoms with E-state index >= 15 is 0 Å². The molecule has 3 aromatic rings. The number of hydrogen-bond acceptors (Lipinski definition) is 2. The first-order valence-electron chi connectivity index (χ1n) is 7.36. The van der Waals surface area contributed by atoms with E-state index in [2.05, 4.69) is 44.3 Å². The van der Waals surface area contributed by atoms with E-state index < -0.39 is 0 Å². The fraction of sp³-hybridized carbons (Fsp3) is 0.211. The van der Waals surface area contributed by atoms with Gasteiger partial charge in [0.1, 0.15) is 0 Å². The average Bonchev–Trinajstić information content (AvgIpc) is 2.43. The predicted molar refractivity (Wildman–Crippen MR) is 95.4 cm³/mol. The largest absolute Gasteiger partial charge is 0.355 e. The van der Waals surface area contributed by atoms with Crippen LogP contribution in [0.1, 0.15) is 22.4 Å². The molecule has 0 saturated heterocycles. The van der Waals surface area contributed by atoms with E-state index in [1.807, 2.05) is 25.1 Å². The predicted octanol–water partition coefficient (Wildman–Crippen LogP) is 5.87. The number of fused-ring (bicyclic) bond motifs is 1. The minimum absolute atomic E-state index is 0.755. The van der Waals surface area contributed by atoms with Crippen LogP contribution >= 0.6 is 11.6 Å². The Labute approximate surface area is 136 Å². The lowest BCUT2D eigenvalue weighted by Gasteiger charge is -2.14. The van der Waals surface area contributed by atoms with Crippen LogP contribution in [-0.4, -0.2) is 4.98 Å². The molecule has 0 amide bonds. The SMILES string of the molecule is Cc1cc(C)c2nc(C)cc(Nc3ccc(Cl)cc3C)c2c1. The van der Waals surface area contributed by atoms with Crippen LogP contribution in [0.4, 0.5) is 11.4 Å². The smallest absolute Gasteiger partial charge is 0.0755 e. The van der Waals surface area contributed by atoms with Crippen molar-refractivity contribution in [1.82, 2.24) is 4.98 Å². The second kappa shape index (κ2) is 5.62. The summed E-state index contributed by atoms with van der Waals surface area (Å²) in [5.41, 5.74) is 7.78. The number of nitrogens with zero attached hydrogens (tertiary/aromatic N) is 1. The molecule has 0 aliphatic heterocycles. The Bertz CT molecular complexity index is 869. The zero-order valence-electron chi connectivity index (χ0n) is 13.3. The van der Waals surface area contributed by atoms with Crippen molar-refractivity contribution < 1.29 is 0 Å². The lowest BCUT2D eigenvalue weighted by atomic mass is 10.0. The zero-order valence-corrected chi connectivity index (χ0v) is 14.0. The maximum Gasteiger partial charge on any atom is 0.0755 e. The lowest BCUT2D eigenvalue weighted by Crippen LogP contribution is -1.98. The molecule has 2 nitrogen and oxygen atoms in total. The molecule has 22 heavy (non-hydrogen) atoms. The Morgan fingerprint density at radius 3 is 2.36 bits per heavy atom. The van der Waals surface area contributed by atoms with Crippen molar-refractivity contribution in [3.63, 3.8) is 0 Å². The first-order chi connectivity index (χ1) is 10.4. The fourth-order valence-corrected chi connectivity index (χ4v) is 3.05. The molecule has 2 aromatic carbocycles. The molecule has 0 spiro atoms. The third-order valence-electron chi connectivity index (χ3n) is 3.83. The van der Waals surface area contributed by atoms with Crippen molar-refractivity contribution in [3.8, 4) is 0 Å². The highest BCUT2D eigenvalue weighted by atomic mass is 35.5. The summed E-state index contributed by atoms with van der Waals surface area (Å²) in [7, 11) is 0. The molecule has 0 unspecified atom stereocenters. The molecule has 3 rings (SSSR count). The Morgan fingerprint density at radius 2 is 1.64 bits per heavy atom. The second-order valence-electron chi connectivity index (χ2n) is 5.87. The third kappa shape index (κ3) is 2.79. The number of pyridine rings is 1. The summed E-state index contributed by atoms with van der Waals surface area (Å²) in [6.07, 6.45) is 0. The highest BCUT2D eigenvalue weighted by molar-refractivity contribution is 6.30. The molecular formula is C19H19ClN2. The summed E-state index contributed by atoms with van der Waals surface area (Å²) in [5.74, 6) is 0. The molecule has 112 valence electrons. The van der Waals surface area contributed by atoms with Gasteiger partial charge in [0, 0.05) is 27.5 Å². The molecule has 1 N–H and O–H groups in total. The Hall–Kier alpha value is -2.06. The van der Waals surface area contributed by atoms with E-state index in [1.165, 1.54) is 11.1 Å². The van der Waals surface area contributed by atoms with Crippen LogP contribution in [-0.2, 0) is 0 Å². The van der Waals surface area contributed by atoms with E-state index in [1.54, 1.807) is 0 Å². The molecule has 1 aromatic heterocycles. The van der Waals surface area contributed by atoms with Gasteiger partial charge in [0.15, 0.2) is 0 Å². The summed E-state index contributed by atoms with van der Waals surface area (Å²) in [4.78, 5) is 4.69. The number of rotatable bonds is 2. The van der Waals surface area contributed by atoms with Crippen molar-refractivity contribution in [2.45, 2.75) is 27.7 Å². The summed E-state index contributed by atoms with van der Waals surface area (Å²) < 4.78 is 0. The second-order valence-corrected chi connectivity index (χ2v) is 6.31. The topological polar surface area (TPSA) is 24.9 Å². The summed E-state index contributed by atoms with van der Waals surface area (Å²) >= 11 is 6.04. The van der Waals surface area contributed by atoms with E-state index in [0.717, 1.165) is 38.6 Å². The number of nitrogens with one attached hydrogen (secondary N) is 1. The fourth-order valence-electron chi connectivity index (χ4n) is 2.82. The van der Waals surface area contributed by atoms with Crippen LogP contribution in [0.5, 0.6) is 0 Å². The quantitative estimate of drug-likeness (QED) is 0.640. The number of anilines is 2. The van der Waals surface area contributed by atoms with Crippen LogP contribution in [0.2, 0.25) is 5.02 Å². The monoisotopic (exact) mass is 310 g/mol. The maximum absolute atomic E-state index is 6.04. The van der Waals surface area contributed by atoms with Gasteiger partial charge in [0.2, 0.25) is 0 Å². The molecule has 3 heteroatoms. The van der Waals surface area contributed by atoms with Crippen LogP contribution in [0.15, 0.2) is 36.4 Å². The minimum atomic E-state index is 0.755. The molecule has 0 saturated carbocycles. The molecule has 0 aliphatic carbocycles. The van der Waals surface area contributed by atoms with Gasteiger partial charge in [-0.3, -0.25) is 4.98 Å². The molecule has 0 atom stereocenters. The molecule has 0 bridgehead atoms. The van der Waals surface area contributed by atoms with Gasteiger partial charge >= 0.3 is 0 Å². The number of aromatic nitrogens is 1. The summed E-state index contributed by atoms with van der Waals surface area (Å²) in [6.45, 7) is 8.31. The van der Waals surface area contributed by atoms with Crippen molar-refractivity contribution in [2.24, 2.45) is 0 Å². The van der Waals surface area contributed by atoms with Crippen LogP contribution in [0.3, 0.4) is 0 Å². The van der Waals surface area contributed by atoms with Gasteiger partial charge in [-0.25, -0.2) is 0 Å².